The topological polar surface area (TPSA) is 93.7 Å². The van der Waals surface area contributed by atoms with E-state index in [1.165, 1.54) is 11.8 Å². The molecule has 1 aromatic rings. The number of hydrogen-bond donors (Lipinski definition) is 2. The molecular formula is C19H26N2O5S. The molecule has 0 spiro atoms. The quantitative estimate of drug-likeness (QED) is 0.520. The summed E-state index contributed by atoms with van der Waals surface area (Å²) in [5.74, 6) is -0.503. The third-order valence-corrected chi connectivity index (χ3v) is 5.34. The monoisotopic (exact) mass is 394 g/mol. The number of urea groups is 1. The summed E-state index contributed by atoms with van der Waals surface area (Å²) in [6.07, 6.45) is 3.04. The molecule has 7 nitrogen and oxygen atoms in total. The van der Waals surface area contributed by atoms with Gasteiger partial charge < -0.3 is 14.8 Å². The van der Waals surface area contributed by atoms with Crippen LogP contribution in [0.2, 0.25) is 0 Å². The Morgan fingerprint density at radius 3 is 2.81 bits per heavy atom. The van der Waals surface area contributed by atoms with Gasteiger partial charge in [0, 0.05) is 23.3 Å². The zero-order chi connectivity index (χ0) is 19.6. The highest BCUT2D eigenvalue weighted by atomic mass is 32.2. The summed E-state index contributed by atoms with van der Waals surface area (Å²) in [6, 6.07) is 6.45. The SMILES string of the molecule is CC[C@H](C)NC(=O)NC(=O)COC(=O)c1ccccc1SC[C@H]1CCCO1. The van der Waals surface area contributed by atoms with E-state index in [1.54, 1.807) is 12.1 Å². The predicted octanol–water partition coefficient (Wildman–Crippen LogP) is 2.74. The molecule has 1 fully saturated rings. The average Bonchev–Trinajstić information content (AvgIpc) is 3.18. The van der Waals surface area contributed by atoms with Crippen LogP contribution < -0.4 is 10.6 Å². The Morgan fingerprint density at radius 2 is 2.11 bits per heavy atom. The van der Waals surface area contributed by atoms with Crippen molar-refractivity contribution in [2.75, 3.05) is 19.0 Å². The third kappa shape index (κ3) is 7.22. The van der Waals surface area contributed by atoms with Crippen LogP contribution in [0.15, 0.2) is 29.2 Å². The molecule has 1 aliphatic rings. The minimum atomic E-state index is -0.673. The third-order valence-electron chi connectivity index (χ3n) is 4.13. The van der Waals surface area contributed by atoms with E-state index in [0.29, 0.717) is 5.56 Å². The minimum absolute atomic E-state index is 0.0481. The summed E-state index contributed by atoms with van der Waals surface area (Å²) < 4.78 is 10.7. The second-order valence-corrected chi connectivity index (χ2v) is 7.41. The summed E-state index contributed by atoms with van der Waals surface area (Å²) >= 11 is 1.54. The van der Waals surface area contributed by atoms with Crippen LogP contribution in [-0.2, 0) is 14.3 Å². The first-order chi connectivity index (χ1) is 13.0. The molecule has 0 aromatic heterocycles. The lowest BCUT2D eigenvalue weighted by Crippen LogP contribution is -2.44. The number of carbonyl (C=O) groups excluding carboxylic acids is 3. The Morgan fingerprint density at radius 1 is 1.33 bits per heavy atom. The van der Waals surface area contributed by atoms with Crippen molar-refractivity contribution in [1.82, 2.24) is 10.6 Å². The normalized spacial score (nSPS) is 17.2. The van der Waals surface area contributed by atoms with E-state index in [2.05, 4.69) is 10.6 Å². The van der Waals surface area contributed by atoms with Gasteiger partial charge in [-0.2, -0.15) is 0 Å². The number of hydrogen-bond acceptors (Lipinski definition) is 6. The van der Waals surface area contributed by atoms with Crippen molar-refractivity contribution in [3.8, 4) is 0 Å². The number of imide groups is 1. The van der Waals surface area contributed by atoms with Gasteiger partial charge in [0.1, 0.15) is 0 Å². The zero-order valence-corrected chi connectivity index (χ0v) is 16.5. The number of amides is 3. The van der Waals surface area contributed by atoms with Gasteiger partial charge in [0.05, 0.1) is 11.7 Å². The van der Waals surface area contributed by atoms with E-state index in [1.807, 2.05) is 26.0 Å². The Bertz CT molecular complexity index is 661. The average molecular weight is 394 g/mol. The standard InChI is InChI=1S/C19H26N2O5S/c1-3-13(2)20-19(24)21-17(22)11-26-18(23)15-8-4-5-9-16(15)27-12-14-7-6-10-25-14/h4-5,8-9,13-14H,3,6-7,10-12H2,1-2H3,(H2,20,21,22,24)/t13-,14+/m0/s1. The number of carbonyl (C=O) groups is 3. The van der Waals surface area contributed by atoms with Crippen molar-refractivity contribution in [3.63, 3.8) is 0 Å². The maximum Gasteiger partial charge on any atom is 0.339 e. The van der Waals surface area contributed by atoms with Crippen LogP contribution in [0.25, 0.3) is 0 Å². The molecule has 0 aliphatic carbocycles. The van der Waals surface area contributed by atoms with Crippen molar-refractivity contribution < 1.29 is 23.9 Å². The molecule has 1 aromatic carbocycles. The van der Waals surface area contributed by atoms with Crippen LogP contribution in [0, 0.1) is 0 Å². The molecule has 2 rings (SSSR count). The highest BCUT2D eigenvalue weighted by molar-refractivity contribution is 7.99. The van der Waals surface area contributed by atoms with Crippen LogP contribution in [0.1, 0.15) is 43.5 Å². The molecule has 8 heteroatoms. The molecule has 0 saturated carbocycles. The summed E-state index contributed by atoms with van der Waals surface area (Å²) in [5, 5.41) is 4.75. The van der Waals surface area contributed by atoms with E-state index in [9.17, 15) is 14.4 Å². The zero-order valence-electron chi connectivity index (χ0n) is 15.7. The second kappa shape index (κ2) is 10.9. The smallest absolute Gasteiger partial charge is 0.339 e. The van der Waals surface area contributed by atoms with Gasteiger partial charge in [-0.3, -0.25) is 10.1 Å². The van der Waals surface area contributed by atoms with Crippen LogP contribution in [0.5, 0.6) is 0 Å². The molecule has 0 radical (unpaired) electrons. The first kappa shape index (κ1) is 21.2. The lowest BCUT2D eigenvalue weighted by Gasteiger charge is -2.13. The summed E-state index contributed by atoms with van der Waals surface area (Å²) in [4.78, 5) is 36.5. The highest BCUT2D eigenvalue weighted by Gasteiger charge is 2.19. The Kier molecular flexibility index (Phi) is 8.60. The van der Waals surface area contributed by atoms with Gasteiger partial charge in [-0.05, 0) is 38.3 Å². The fourth-order valence-corrected chi connectivity index (χ4v) is 3.56. The Hall–Kier alpha value is -2.06. The van der Waals surface area contributed by atoms with E-state index in [-0.39, 0.29) is 12.1 Å². The number of ether oxygens (including phenoxy) is 2. The van der Waals surface area contributed by atoms with E-state index >= 15 is 0 Å². The molecule has 2 atom stereocenters. The van der Waals surface area contributed by atoms with Crippen LogP contribution in [-0.4, -0.2) is 49.0 Å². The van der Waals surface area contributed by atoms with Crippen molar-refractivity contribution in [1.29, 1.82) is 0 Å². The van der Waals surface area contributed by atoms with Gasteiger partial charge in [0.15, 0.2) is 6.61 Å². The summed E-state index contributed by atoms with van der Waals surface area (Å²) in [5.41, 5.74) is 0.400. The first-order valence-corrected chi connectivity index (χ1v) is 10.1. The fraction of sp³-hybridized carbons (Fsp3) is 0.526. The van der Waals surface area contributed by atoms with Crippen LogP contribution in [0.3, 0.4) is 0 Å². The molecule has 148 valence electrons. The van der Waals surface area contributed by atoms with Crippen LogP contribution >= 0.6 is 11.8 Å². The molecule has 1 heterocycles. The lowest BCUT2D eigenvalue weighted by atomic mass is 10.2. The van der Waals surface area contributed by atoms with Crippen LogP contribution in [0.4, 0.5) is 4.79 Å². The summed E-state index contributed by atoms with van der Waals surface area (Å²) in [7, 11) is 0. The first-order valence-electron chi connectivity index (χ1n) is 9.10. The molecule has 0 unspecified atom stereocenters. The number of thioether (sulfide) groups is 1. The molecule has 3 amide bonds. The molecule has 0 bridgehead atoms. The predicted molar refractivity (Wildman–Crippen MR) is 103 cm³/mol. The second-order valence-electron chi connectivity index (χ2n) is 6.35. The molecule has 27 heavy (non-hydrogen) atoms. The number of esters is 1. The van der Waals surface area contributed by atoms with E-state index in [4.69, 9.17) is 9.47 Å². The maximum atomic E-state index is 12.3. The number of benzene rings is 1. The van der Waals surface area contributed by atoms with E-state index < -0.39 is 24.5 Å². The van der Waals surface area contributed by atoms with E-state index in [0.717, 1.165) is 36.5 Å². The van der Waals surface area contributed by atoms with Gasteiger partial charge >= 0.3 is 12.0 Å². The van der Waals surface area contributed by atoms with Crippen molar-refractivity contribution in [2.45, 2.75) is 50.2 Å². The summed E-state index contributed by atoms with van der Waals surface area (Å²) in [6.45, 7) is 4.02. The molecule has 1 aliphatic heterocycles. The van der Waals surface area contributed by atoms with Gasteiger partial charge in [-0.15, -0.1) is 11.8 Å². The molecule has 1 saturated heterocycles. The minimum Gasteiger partial charge on any atom is -0.452 e. The highest BCUT2D eigenvalue weighted by Crippen LogP contribution is 2.27. The van der Waals surface area contributed by atoms with Crippen molar-refractivity contribution in [2.24, 2.45) is 0 Å². The van der Waals surface area contributed by atoms with Gasteiger partial charge in [0.25, 0.3) is 5.91 Å². The Labute approximate surface area is 163 Å². The van der Waals surface area contributed by atoms with Gasteiger partial charge in [0.2, 0.25) is 0 Å². The number of rotatable bonds is 8. The molecular weight excluding hydrogens is 368 g/mol. The fourth-order valence-electron chi connectivity index (χ4n) is 2.45. The van der Waals surface area contributed by atoms with Crippen molar-refractivity contribution >= 4 is 29.7 Å². The maximum absolute atomic E-state index is 12.3. The molecule has 2 N–H and O–H groups in total. The van der Waals surface area contributed by atoms with Gasteiger partial charge in [-0.25, -0.2) is 9.59 Å². The number of nitrogens with one attached hydrogen (secondary N) is 2. The largest absolute Gasteiger partial charge is 0.452 e. The van der Waals surface area contributed by atoms with Crippen molar-refractivity contribution in [3.05, 3.63) is 29.8 Å². The van der Waals surface area contributed by atoms with Gasteiger partial charge in [-0.1, -0.05) is 19.1 Å². The Balaban J connectivity index is 1.82. The lowest BCUT2D eigenvalue weighted by molar-refractivity contribution is -0.123.